The number of pyridine rings is 1. The highest BCUT2D eigenvalue weighted by molar-refractivity contribution is 5.87. The van der Waals surface area contributed by atoms with Crippen LogP contribution in [0.25, 0.3) is 0 Å². The first kappa shape index (κ1) is 9.51. The second-order valence-electron chi connectivity index (χ2n) is 2.74. The van der Waals surface area contributed by atoms with Gasteiger partial charge in [-0.25, -0.2) is 9.78 Å². The fraction of sp³-hybridized carbons (Fsp3) is 0.333. The van der Waals surface area contributed by atoms with Crippen LogP contribution in [0, 0.1) is 13.8 Å². The summed E-state index contributed by atoms with van der Waals surface area (Å²) in [5.41, 5.74) is 1.25. The maximum atomic E-state index is 10.7. The molecule has 4 heteroatoms. The van der Waals surface area contributed by atoms with Crippen LogP contribution >= 0.6 is 0 Å². The lowest BCUT2D eigenvalue weighted by Gasteiger charge is -2.07. The molecule has 0 saturated carbocycles. The van der Waals surface area contributed by atoms with E-state index in [1.165, 1.54) is 7.11 Å². The lowest BCUT2D eigenvalue weighted by atomic mass is 10.2. The van der Waals surface area contributed by atoms with E-state index < -0.39 is 5.97 Å². The zero-order chi connectivity index (χ0) is 10.0. The molecule has 0 fully saturated rings. The van der Waals surface area contributed by atoms with Gasteiger partial charge in [0.15, 0.2) is 5.69 Å². The highest BCUT2D eigenvalue weighted by Gasteiger charge is 2.13. The molecule has 0 aliphatic rings. The fourth-order valence-corrected chi connectivity index (χ4v) is 1.13. The van der Waals surface area contributed by atoms with Crippen LogP contribution < -0.4 is 4.74 Å². The molecule has 13 heavy (non-hydrogen) atoms. The number of carboxylic acids is 1. The number of aromatic carboxylic acids is 1. The predicted molar refractivity (Wildman–Crippen MR) is 47.2 cm³/mol. The first-order valence-electron chi connectivity index (χ1n) is 3.81. The SMILES string of the molecule is COc1cc(C)nc(C(=O)O)c1C. The summed E-state index contributed by atoms with van der Waals surface area (Å²) in [5.74, 6) is -0.468. The zero-order valence-electron chi connectivity index (χ0n) is 7.79. The Bertz CT molecular complexity index is 347. The largest absolute Gasteiger partial charge is 0.496 e. The molecule has 1 rings (SSSR count). The second kappa shape index (κ2) is 3.43. The molecule has 1 N–H and O–H groups in total. The van der Waals surface area contributed by atoms with Crippen molar-refractivity contribution in [3.05, 3.63) is 23.0 Å². The van der Waals surface area contributed by atoms with Gasteiger partial charge in [-0.1, -0.05) is 0 Å². The average Bonchev–Trinajstić information content (AvgIpc) is 2.08. The Morgan fingerprint density at radius 1 is 1.54 bits per heavy atom. The molecule has 0 bridgehead atoms. The van der Waals surface area contributed by atoms with Gasteiger partial charge in [0.2, 0.25) is 0 Å². The van der Waals surface area contributed by atoms with Gasteiger partial charge in [-0.05, 0) is 13.8 Å². The number of nitrogens with zero attached hydrogens (tertiary/aromatic N) is 1. The Labute approximate surface area is 76.2 Å². The van der Waals surface area contributed by atoms with Crippen molar-refractivity contribution in [2.24, 2.45) is 0 Å². The van der Waals surface area contributed by atoms with E-state index in [-0.39, 0.29) is 5.69 Å². The zero-order valence-corrected chi connectivity index (χ0v) is 7.79. The third-order valence-corrected chi connectivity index (χ3v) is 1.78. The van der Waals surface area contributed by atoms with Gasteiger partial charge in [0, 0.05) is 17.3 Å². The summed E-state index contributed by atoms with van der Waals surface area (Å²) in [6, 6.07) is 1.71. The first-order chi connectivity index (χ1) is 6.06. The van der Waals surface area contributed by atoms with Crippen LogP contribution in [0.1, 0.15) is 21.7 Å². The highest BCUT2D eigenvalue weighted by Crippen LogP contribution is 2.20. The molecule has 0 spiro atoms. The van der Waals surface area contributed by atoms with Gasteiger partial charge < -0.3 is 9.84 Å². The number of carboxylic acid groups (broad SMARTS) is 1. The average molecular weight is 181 g/mol. The lowest BCUT2D eigenvalue weighted by Crippen LogP contribution is -2.06. The van der Waals surface area contributed by atoms with E-state index in [1.54, 1.807) is 19.9 Å². The number of carbonyl (C=O) groups is 1. The number of hydrogen-bond donors (Lipinski definition) is 1. The third kappa shape index (κ3) is 1.77. The van der Waals surface area contributed by atoms with E-state index in [1.807, 2.05) is 0 Å². The molecule has 0 radical (unpaired) electrons. The van der Waals surface area contributed by atoms with Crippen molar-refractivity contribution in [3.63, 3.8) is 0 Å². The molecular formula is C9H11NO3. The van der Waals surface area contributed by atoms with Crippen molar-refractivity contribution in [1.82, 2.24) is 4.98 Å². The van der Waals surface area contributed by atoms with Gasteiger partial charge in [-0.15, -0.1) is 0 Å². The van der Waals surface area contributed by atoms with Crippen molar-refractivity contribution in [3.8, 4) is 5.75 Å². The topological polar surface area (TPSA) is 59.4 Å². The molecular weight excluding hydrogens is 170 g/mol. The van der Waals surface area contributed by atoms with Crippen LogP contribution in [0.4, 0.5) is 0 Å². The maximum Gasteiger partial charge on any atom is 0.354 e. The highest BCUT2D eigenvalue weighted by atomic mass is 16.5. The van der Waals surface area contributed by atoms with Gasteiger partial charge in [0.1, 0.15) is 5.75 Å². The second-order valence-corrected chi connectivity index (χ2v) is 2.74. The quantitative estimate of drug-likeness (QED) is 0.749. The number of ether oxygens (including phenoxy) is 1. The number of methoxy groups -OCH3 is 1. The van der Waals surface area contributed by atoms with Crippen LogP contribution in [0.5, 0.6) is 5.75 Å². The molecule has 4 nitrogen and oxygen atoms in total. The van der Waals surface area contributed by atoms with Gasteiger partial charge in [0.25, 0.3) is 0 Å². The minimum absolute atomic E-state index is 0.0526. The fourth-order valence-electron chi connectivity index (χ4n) is 1.13. The van der Waals surface area contributed by atoms with E-state index in [0.717, 1.165) is 0 Å². The smallest absolute Gasteiger partial charge is 0.354 e. The Kier molecular flexibility index (Phi) is 2.51. The molecule has 0 aromatic carbocycles. The molecule has 0 amide bonds. The van der Waals surface area contributed by atoms with E-state index in [2.05, 4.69) is 4.98 Å². The number of aromatic nitrogens is 1. The summed E-state index contributed by atoms with van der Waals surface area (Å²) in [5, 5.41) is 8.79. The monoisotopic (exact) mass is 181 g/mol. The molecule has 1 aromatic heterocycles. The molecule has 70 valence electrons. The van der Waals surface area contributed by atoms with Crippen molar-refractivity contribution >= 4 is 5.97 Å². The first-order valence-corrected chi connectivity index (χ1v) is 3.81. The summed E-state index contributed by atoms with van der Waals surface area (Å²) >= 11 is 0. The molecule has 1 aromatic rings. The third-order valence-electron chi connectivity index (χ3n) is 1.78. The van der Waals surface area contributed by atoms with E-state index >= 15 is 0 Å². The Hall–Kier alpha value is -1.58. The van der Waals surface area contributed by atoms with Crippen LogP contribution in [0.2, 0.25) is 0 Å². The van der Waals surface area contributed by atoms with Gasteiger partial charge in [0.05, 0.1) is 7.11 Å². The summed E-state index contributed by atoms with van der Waals surface area (Å²) in [7, 11) is 1.51. The van der Waals surface area contributed by atoms with Crippen LogP contribution in [-0.2, 0) is 0 Å². The minimum atomic E-state index is -1.03. The van der Waals surface area contributed by atoms with Crippen molar-refractivity contribution in [1.29, 1.82) is 0 Å². The van der Waals surface area contributed by atoms with Crippen LogP contribution in [-0.4, -0.2) is 23.2 Å². The van der Waals surface area contributed by atoms with E-state index in [0.29, 0.717) is 17.0 Å². The number of rotatable bonds is 2. The van der Waals surface area contributed by atoms with Crippen molar-refractivity contribution in [2.45, 2.75) is 13.8 Å². The molecule has 0 aliphatic carbocycles. The van der Waals surface area contributed by atoms with Crippen molar-refractivity contribution in [2.75, 3.05) is 7.11 Å². The van der Waals surface area contributed by atoms with Gasteiger partial charge >= 0.3 is 5.97 Å². The molecule has 0 unspecified atom stereocenters. The summed E-state index contributed by atoms with van der Waals surface area (Å²) in [4.78, 5) is 14.6. The number of hydrogen-bond acceptors (Lipinski definition) is 3. The normalized spacial score (nSPS) is 9.77. The number of aryl methyl sites for hydroxylation is 1. The van der Waals surface area contributed by atoms with E-state index in [9.17, 15) is 4.79 Å². The predicted octanol–water partition coefficient (Wildman–Crippen LogP) is 1.41. The van der Waals surface area contributed by atoms with Crippen LogP contribution in [0.3, 0.4) is 0 Å². The molecule has 0 atom stereocenters. The maximum absolute atomic E-state index is 10.7. The molecule has 0 aliphatic heterocycles. The lowest BCUT2D eigenvalue weighted by molar-refractivity contribution is 0.0689. The standard InChI is InChI=1S/C9H11NO3/c1-5-4-7(13-3)6(2)8(10-5)9(11)12/h4H,1-3H3,(H,11,12). The minimum Gasteiger partial charge on any atom is -0.496 e. The summed E-state index contributed by atoms with van der Waals surface area (Å²) in [6.07, 6.45) is 0. The van der Waals surface area contributed by atoms with Gasteiger partial charge in [-0.2, -0.15) is 0 Å². The molecule has 0 saturated heterocycles. The molecule has 1 heterocycles. The van der Waals surface area contributed by atoms with E-state index in [4.69, 9.17) is 9.84 Å². The Morgan fingerprint density at radius 2 is 2.15 bits per heavy atom. The Balaban J connectivity index is 3.35. The van der Waals surface area contributed by atoms with Crippen molar-refractivity contribution < 1.29 is 14.6 Å². The summed E-state index contributed by atoms with van der Waals surface area (Å²) < 4.78 is 5.01. The van der Waals surface area contributed by atoms with Gasteiger partial charge in [-0.3, -0.25) is 0 Å². The summed E-state index contributed by atoms with van der Waals surface area (Å²) in [6.45, 7) is 3.41. The Morgan fingerprint density at radius 3 is 2.62 bits per heavy atom. The van der Waals surface area contributed by atoms with Crippen LogP contribution in [0.15, 0.2) is 6.07 Å².